The summed E-state index contributed by atoms with van der Waals surface area (Å²) >= 11 is 0. The van der Waals surface area contributed by atoms with E-state index in [1.807, 2.05) is 18.7 Å². The molecule has 2 rings (SSSR count). The number of nitrogens with zero attached hydrogens (tertiary/aromatic N) is 2. The second-order valence-electron chi connectivity index (χ2n) is 5.20. The number of ether oxygens (including phenoxy) is 1. The normalized spacial score (nSPS) is 22.6. The van der Waals surface area contributed by atoms with E-state index >= 15 is 0 Å². The van der Waals surface area contributed by atoms with E-state index in [9.17, 15) is 9.59 Å². The number of morpholine rings is 1. The highest BCUT2D eigenvalue weighted by Crippen LogP contribution is 2.16. The first-order valence-electron chi connectivity index (χ1n) is 6.91. The van der Waals surface area contributed by atoms with E-state index in [1.165, 1.54) is 6.20 Å². The van der Waals surface area contributed by atoms with Gasteiger partial charge in [0.25, 0.3) is 0 Å². The molecular formula is C15H20N2O3. The SMILES string of the molecule is CC1COCC(C)N1C(=O)CCC(=O)c1cccnc1. The lowest BCUT2D eigenvalue weighted by Crippen LogP contribution is -2.52. The lowest BCUT2D eigenvalue weighted by molar-refractivity contribution is -0.144. The van der Waals surface area contributed by atoms with Crippen molar-refractivity contribution in [3.63, 3.8) is 0 Å². The van der Waals surface area contributed by atoms with E-state index in [2.05, 4.69) is 4.98 Å². The fraction of sp³-hybridized carbons (Fsp3) is 0.533. The van der Waals surface area contributed by atoms with Gasteiger partial charge in [-0.3, -0.25) is 14.6 Å². The fourth-order valence-corrected chi connectivity index (χ4v) is 2.52. The van der Waals surface area contributed by atoms with Gasteiger partial charge >= 0.3 is 0 Å². The van der Waals surface area contributed by atoms with Crippen LogP contribution in [0, 0.1) is 0 Å². The van der Waals surface area contributed by atoms with Gasteiger partial charge in [-0.1, -0.05) is 0 Å². The minimum absolute atomic E-state index is 0.0190. The molecule has 0 bridgehead atoms. The van der Waals surface area contributed by atoms with E-state index in [0.29, 0.717) is 18.8 Å². The minimum Gasteiger partial charge on any atom is -0.377 e. The third-order valence-corrected chi connectivity index (χ3v) is 3.51. The number of Topliss-reactive ketones (excluding diaryl/α,β-unsaturated/α-hetero) is 1. The summed E-state index contributed by atoms with van der Waals surface area (Å²) < 4.78 is 5.40. The summed E-state index contributed by atoms with van der Waals surface area (Å²) in [7, 11) is 0. The maximum absolute atomic E-state index is 12.3. The van der Waals surface area contributed by atoms with Crippen LogP contribution in [0.3, 0.4) is 0 Å². The van der Waals surface area contributed by atoms with E-state index in [1.54, 1.807) is 18.3 Å². The number of carbonyl (C=O) groups is 2. The topological polar surface area (TPSA) is 59.5 Å². The van der Waals surface area contributed by atoms with Crippen LogP contribution in [-0.2, 0) is 9.53 Å². The van der Waals surface area contributed by atoms with Crippen LogP contribution in [0.15, 0.2) is 24.5 Å². The first-order chi connectivity index (χ1) is 9.59. The van der Waals surface area contributed by atoms with Gasteiger partial charge in [0.05, 0.1) is 25.3 Å². The predicted molar refractivity (Wildman–Crippen MR) is 74.4 cm³/mol. The third kappa shape index (κ3) is 3.42. The average Bonchev–Trinajstić information content (AvgIpc) is 2.45. The van der Waals surface area contributed by atoms with Crippen molar-refractivity contribution in [1.82, 2.24) is 9.88 Å². The molecule has 2 unspecified atom stereocenters. The molecule has 0 aromatic carbocycles. The number of aromatic nitrogens is 1. The van der Waals surface area contributed by atoms with E-state index < -0.39 is 0 Å². The average molecular weight is 276 g/mol. The van der Waals surface area contributed by atoms with Crippen molar-refractivity contribution in [2.75, 3.05) is 13.2 Å². The standard InChI is InChI=1S/C15H20N2O3/c1-11-9-20-10-12(2)17(11)15(19)6-5-14(18)13-4-3-7-16-8-13/h3-4,7-8,11-12H,5-6,9-10H2,1-2H3. The fourth-order valence-electron chi connectivity index (χ4n) is 2.52. The maximum Gasteiger partial charge on any atom is 0.223 e. The predicted octanol–water partition coefficient (Wildman–Crippen LogP) is 1.68. The molecule has 0 aliphatic carbocycles. The lowest BCUT2D eigenvalue weighted by Gasteiger charge is -2.38. The number of hydrogen-bond acceptors (Lipinski definition) is 4. The summed E-state index contributed by atoms with van der Waals surface area (Å²) in [6, 6.07) is 3.58. The van der Waals surface area contributed by atoms with Gasteiger partial charge in [-0.05, 0) is 26.0 Å². The highest BCUT2D eigenvalue weighted by atomic mass is 16.5. The van der Waals surface area contributed by atoms with Crippen molar-refractivity contribution in [3.8, 4) is 0 Å². The van der Waals surface area contributed by atoms with Crippen molar-refractivity contribution < 1.29 is 14.3 Å². The summed E-state index contributed by atoms with van der Waals surface area (Å²) in [6.07, 6.45) is 3.62. The molecule has 5 nitrogen and oxygen atoms in total. The lowest BCUT2D eigenvalue weighted by atomic mass is 10.1. The molecule has 20 heavy (non-hydrogen) atoms. The van der Waals surface area contributed by atoms with Crippen molar-refractivity contribution in [3.05, 3.63) is 30.1 Å². The van der Waals surface area contributed by atoms with Crippen LogP contribution < -0.4 is 0 Å². The maximum atomic E-state index is 12.3. The molecule has 1 aromatic rings. The molecule has 5 heteroatoms. The van der Waals surface area contributed by atoms with Gasteiger partial charge in [-0.25, -0.2) is 0 Å². The molecule has 1 saturated heterocycles. The van der Waals surface area contributed by atoms with Crippen LogP contribution in [-0.4, -0.2) is 46.9 Å². The second-order valence-corrected chi connectivity index (χ2v) is 5.20. The Morgan fingerprint density at radius 1 is 1.30 bits per heavy atom. The Morgan fingerprint density at radius 3 is 2.60 bits per heavy atom. The molecular weight excluding hydrogens is 256 g/mol. The van der Waals surface area contributed by atoms with Crippen molar-refractivity contribution in [2.45, 2.75) is 38.8 Å². The first kappa shape index (κ1) is 14.7. The monoisotopic (exact) mass is 276 g/mol. The molecule has 0 spiro atoms. The zero-order valence-corrected chi connectivity index (χ0v) is 11.9. The van der Waals surface area contributed by atoms with Gasteiger partial charge in [-0.15, -0.1) is 0 Å². The van der Waals surface area contributed by atoms with Gasteiger partial charge in [0.1, 0.15) is 0 Å². The number of carbonyl (C=O) groups excluding carboxylic acids is 2. The zero-order chi connectivity index (χ0) is 14.5. The number of rotatable bonds is 4. The highest BCUT2D eigenvalue weighted by Gasteiger charge is 2.29. The molecule has 2 heterocycles. The van der Waals surface area contributed by atoms with E-state index in [-0.39, 0.29) is 36.6 Å². The van der Waals surface area contributed by atoms with Crippen LogP contribution in [0.25, 0.3) is 0 Å². The zero-order valence-electron chi connectivity index (χ0n) is 11.9. The van der Waals surface area contributed by atoms with Crippen molar-refractivity contribution in [1.29, 1.82) is 0 Å². The third-order valence-electron chi connectivity index (χ3n) is 3.51. The summed E-state index contributed by atoms with van der Waals surface area (Å²) in [6.45, 7) is 5.06. The molecule has 1 aliphatic rings. The van der Waals surface area contributed by atoms with Crippen LogP contribution >= 0.6 is 0 Å². The molecule has 1 fully saturated rings. The van der Waals surface area contributed by atoms with Crippen molar-refractivity contribution in [2.24, 2.45) is 0 Å². The minimum atomic E-state index is -0.0417. The molecule has 108 valence electrons. The van der Waals surface area contributed by atoms with Gasteiger partial charge in [0, 0.05) is 30.8 Å². The second kappa shape index (κ2) is 6.61. The number of ketones is 1. The Morgan fingerprint density at radius 2 is 2.00 bits per heavy atom. The van der Waals surface area contributed by atoms with Gasteiger partial charge in [-0.2, -0.15) is 0 Å². The van der Waals surface area contributed by atoms with Crippen LogP contribution in [0.5, 0.6) is 0 Å². The summed E-state index contributed by atoms with van der Waals surface area (Å²) in [4.78, 5) is 30.0. The van der Waals surface area contributed by atoms with E-state index in [4.69, 9.17) is 4.74 Å². The van der Waals surface area contributed by atoms with Crippen LogP contribution in [0.2, 0.25) is 0 Å². The molecule has 1 aliphatic heterocycles. The Kier molecular flexibility index (Phi) is 4.84. The Labute approximate surface area is 118 Å². The molecule has 1 aromatic heterocycles. The Bertz CT molecular complexity index is 465. The quantitative estimate of drug-likeness (QED) is 0.785. The van der Waals surface area contributed by atoms with E-state index in [0.717, 1.165) is 0 Å². The van der Waals surface area contributed by atoms with Crippen LogP contribution in [0.4, 0.5) is 0 Å². The summed E-state index contributed by atoms with van der Waals surface area (Å²) in [5, 5.41) is 0. The van der Waals surface area contributed by atoms with Gasteiger partial charge < -0.3 is 9.64 Å². The van der Waals surface area contributed by atoms with Gasteiger partial charge in [0.2, 0.25) is 5.91 Å². The summed E-state index contributed by atoms with van der Waals surface area (Å²) in [5.74, 6) is -0.0226. The molecule has 1 amide bonds. The van der Waals surface area contributed by atoms with Gasteiger partial charge in [0.15, 0.2) is 5.78 Å². The molecule has 0 saturated carbocycles. The smallest absolute Gasteiger partial charge is 0.223 e. The highest BCUT2D eigenvalue weighted by molar-refractivity contribution is 5.97. The molecule has 2 atom stereocenters. The van der Waals surface area contributed by atoms with Crippen molar-refractivity contribution >= 4 is 11.7 Å². The Hall–Kier alpha value is -1.75. The van der Waals surface area contributed by atoms with Crippen LogP contribution in [0.1, 0.15) is 37.0 Å². The molecule has 0 N–H and O–H groups in total. The molecule has 0 radical (unpaired) electrons. The Balaban J connectivity index is 1.90. The first-order valence-corrected chi connectivity index (χ1v) is 6.91. The number of pyridine rings is 1. The number of hydrogen-bond donors (Lipinski definition) is 0. The number of amides is 1. The summed E-state index contributed by atoms with van der Waals surface area (Å²) in [5.41, 5.74) is 0.559. The largest absolute Gasteiger partial charge is 0.377 e.